The molecule has 2 aliphatic rings. The van der Waals surface area contributed by atoms with Gasteiger partial charge in [-0.05, 0) is 33.7 Å². The van der Waals surface area contributed by atoms with E-state index in [0.29, 0.717) is 6.04 Å². The Morgan fingerprint density at radius 1 is 1.29 bits per heavy atom. The number of hydrogen-bond donors (Lipinski definition) is 1. The quantitative estimate of drug-likeness (QED) is 0.840. The lowest BCUT2D eigenvalue weighted by atomic mass is 10.2. The van der Waals surface area contributed by atoms with E-state index in [1.54, 1.807) is 0 Å². The first-order chi connectivity index (χ1) is 9.94. The van der Waals surface area contributed by atoms with E-state index in [1.807, 2.05) is 25.7 Å². The molecule has 1 N–H and O–H groups in total. The molecule has 1 amide bonds. The molecule has 1 unspecified atom stereocenters. The number of hydrogen-bond acceptors (Lipinski definition) is 5. The van der Waals surface area contributed by atoms with Gasteiger partial charge in [0.25, 0.3) is 0 Å². The molecular weight excluding hydrogens is 270 g/mol. The maximum Gasteiger partial charge on any atom is 0.410 e. The van der Waals surface area contributed by atoms with Crippen molar-refractivity contribution in [1.82, 2.24) is 15.1 Å². The molecular formula is C15H29N3O3. The topological polar surface area (TPSA) is 54.0 Å². The molecule has 6 nitrogen and oxygen atoms in total. The van der Waals surface area contributed by atoms with Gasteiger partial charge in [-0.1, -0.05) is 0 Å². The van der Waals surface area contributed by atoms with Crippen LogP contribution in [0.4, 0.5) is 4.79 Å². The van der Waals surface area contributed by atoms with Crippen molar-refractivity contribution in [2.24, 2.45) is 0 Å². The van der Waals surface area contributed by atoms with Crippen molar-refractivity contribution in [2.45, 2.75) is 38.8 Å². The Balaban J connectivity index is 1.64. The first-order valence-electron chi connectivity index (χ1n) is 7.95. The van der Waals surface area contributed by atoms with Crippen molar-refractivity contribution in [3.63, 3.8) is 0 Å². The van der Waals surface area contributed by atoms with Gasteiger partial charge in [-0.3, -0.25) is 4.90 Å². The normalized spacial score (nSPS) is 24.9. The molecule has 0 bridgehead atoms. The molecule has 21 heavy (non-hydrogen) atoms. The maximum absolute atomic E-state index is 12.0. The van der Waals surface area contributed by atoms with Gasteiger partial charge in [0.2, 0.25) is 0 Å². The lowest BCUT2D eigenvalue weighted by Gasteiger charge is -2.36. The van der Waals surface area contributed by atoms with Gasteiger partial charge in [0, 0.05) is 38.8 Å². The van der Waals surface area contributed by atoms with Crippen molar-refractivity contribution in [1.29, 1.82) is 0 Å². The molecule has 0 aromatic carbocycles. The van der Waals surface area contributed by atoms with E-state index < -0.39 is 5.60 Å². The van der Waals surface area contributed by atoms with E-state index >= 15 is 0 Å². The molecule has 2 rings (SSSR count). The molecule has 0 spiro atoms. The highest BCUT2D eigenvalue weighted by Gasteiger charge is 2.26. The van der Waals surface area contributed by atoms with E-state index in [2.05, 4.69) is 10.2 Å². The molecule has 2 saturated heterocycles. The van der Waals surface area contributed by atoms with Crippen molar-refractivity contribution < 1.29 is 14.3 Å². The maximum atomic E-state index is 12.0. The number of morpholine rings is 1. The fourth-order valence-electron chi connectivity index (χ4n) is 2.62. The van der Waals surface area contributed by atoms with Gasteiger partial charge >= 0.3 is 6.09 Å². The Morgan fingerprint density at radius 2 is 2.00 bits per heavy atom. The van der Waals surface area contributed by atoms with Gasteiger partial charge in [-0.15, -0.1) is 0 Å². The highest BCUT2D eigenvalue weighted by atomic mass is 16.6. The summed E-state index contributed by atoms with van der Waals surface area (Å²) in [5.41, 5.74) is -0.416. The predicted octanol–water partition coefficient (Wildman–Crippen LogP) is 0.918. The van der Waals surface area contributed by atoms with E-state index in [9.17, 15) is 4.79 Å². The van der Waals surface area contributed by atoms with Crippen molar-refractivity contribution in [3.05, 3.63) is 0 Å². The van der Waals surface area contributed by atoms with Crippen LogP contribution in [0.2, 0.25) is 0 Å². The van der Waals surface area contributed by atoms with E-state index in [4.69, 9.17) is 9.47 Å². The summed E-state index contributed by atoms with van der Waals surface area (Å²) < 4.78 is 10.9. The number of ether oxygens (including phenoxy) is 2. The third-order valence-electron chi connectivity index (χ3n) is 3.82. The molecule has 0 saturated carbocycles. The van der Waals surface area contributed by atoms with Gasteiger partial charge in [-0.2, -0.15) is 0 Å². The summed E-state index contributed by atoms with van der Waals surface area (Å²) >= 11 is 0. The van der Waals surface area contributed by atoms with Crippen LogP contribution in [0.15, 0.2) is 0 Å². The zero-order chi connectivity index (χ0) is 15.3. The summed E-state index contributed by atoms with van der Waals surface area (Å²) in [5, 5.41) is 3.48. The second kappa shape index (κ2) is 7.42. The number of carbonyl (C=O) groups is 1. The number of piperazine rings is 1. The fourth-order valence-corrected chi connectivity index (χ4v) is 2.62. The lowest BCUT2D eigenvalue weighted by Crippen LogP contribution is -2.51. The molecule has 0 radical (unpaired) electrons. The summed E-state index contributed by atoms with van der Waals surface area (Å²) in [6.07, 6.45) is 0.913. The predicted molar refractivity (Wildman–Crippen MR) is 81.5 cm³/mol. The number of carbonyl (C=O) groups excluding carboxylic acids is 1. The molecule has 2 fully saturated rings. The van der Waals surface area contributed by atoms with Gasteiger partial charge in [0.05, 0.1) is 13.2 Å². The van der Waals surface area contributed by atoms with Crippen LogP contribution in [-0.2, 0) is 9.47 Å². The minimum atomic E-state index is -0.416. The van der Waals surface area contributed by atoms with E-state index in [0.717, 1.165) is 58.9 Å². The third kappa shape index (κ3) is 5.80. The SMILES string of the molecule is CC(C)(C)OC(=O)N1CCN(CCC2COCCN2)CC1. The number of rotatable bonds is 3. The van der Waals surface area contributed by atoms with Crippen LogP contribution < -0.4 is 5.32 Å². The monoisotopic (exact) mass is 299 g/mol. The first-order valence-corrected chi connectivity index (χ1v) is 7.95. The second-order valence-electron chi connectivity index (χ2n) is 6.82. The van der Waals surface area contributed by atoms with Crippen LogP contribution in [0.3, 0.4) is 0 Å². The molecule has 0 aliphatic carbocycles. The van der Waals surface area contributed by atoms with E-state index in [1.165, 1.54) is 0 Å². The average molecular weight is 299 g/mol. The Bertz CT molecular complexity index is 330. The van der Waals surface area contributed by atoms with Crippen molar-refractivity contribution >= 4 is 6.09 Å². The van der Waals surface area contributed by atoms with Crippen LogP contribution in [0.5, 0.6) is 0 Å². The van der Waals surface area contributed by atoms with Crippen molar-refractivity contribution in [2.75, 3.05) is 52.5 Å². The van der Waals surface area contributed by atoms with Gasteiger partial charge in [-0.25, -0.2) is 4.79 Å². The average Bonchev–Trinajstić information content (AvgIpc) is 2.45. The molecule has 1 atom stereocenters. The van der Waals surface area contributed by atoms with Crippen LogP contribution in [-0.4, -0.2) is 80.0 Å². The third-order valence-corrected chi connectivity index (χ3v) is 3.82. The smallest absolute Gasteiger partial charge is 0.410 e. The van der Waals surface area contributed by atoms with Gasteiger partial charge in [0.15, 0.2) is 0 Å². The highest BCUT2D eigenvalue weighted by Crippen LogP contribution is 2.12. The first kappa shape index (κ1) is 16.5. The summed E-state index contributed by atoms with van der Waals surface area (Å²) in [7, 11) is 0. The molecule has 2 aliphatic heterocycles. The Labute approximate surface area is 127 Å². The lowest BCUT2D eigenvalue weighted by molar-refractivity contribution is 0.0134. The zero-order valence-corrected chi connectivity index (χ0v) is 13.6. The molecule has 6 heteroatoms. The number of nitrogens with zero attached hydrogens (tertiary/aromatic N) is 2. The molecule has 122 valence electrons. The minimum Gasteiger partial charge on any atom is -0.444 e. The summed E-state index contributed by atoms with van der Waals surface area (Å²) in [6, 6.07) is 0.475. The van der Waals surface area contributed by atoms with E-state index in [-0.39, 0.29) is 6.09 Å². The zero-order valence-electron chi connectivity index (χ0n) is 13.6. The summed E-state index contributed by atoms with van der Waals surface area (Å²) in [6.45, 7) is 12.7. The Hall–Kier alpha value is -0.850. The summed E-state index contributed by atoms with van der Waals surface area (Å²) in [4.78, 5) is 16.2. The fraction of sp³-hybridized carbons (Fsp3) is 0.933. The molecule has 0 aromatic rings. The van der Waals surface area contributed by atoms with Crippen LogP contribution in [0.25, 0.3) is 0 Å². The Kier molecular flexibility index (Phi) is 5.84. The van der Waals surface area contributed by atoms with Crippen LogP contribution in [0.1, 0.15) is 27.2 Å². The highest BCUT2D eigenvalue weighted by molar-refractivity contribution is 5.68. The van der Waals surface area contributed by atoms with Crippen LogP contribution >= 0.6 is 0 Å². The van der Waals surface area contributed by atoms with Gasteiger partial charge in [0.1, 0.15) is 5.60 Å². The molecule has 2 heterocycles. The standard InChI is InChI=1S/C15H29N3O3/c1-15(2,3)21-14(19)18-9-7-17(8-10-18)6-4-13-12-20-11-5-16-13/h13,16H,4-12H2,1-3H3. The molecule has 0 aromatic heterocycles. The number of nitrogens with one attached hydrogen (secondary N) is 1. The minimum absolute atomic E-state index is 0.190. The van der Waals surface area contributed by atoms with Crippen molar-refractivity contribution in [3.8, 4) is 0 Å². The van der Waals surface area contributed by atoms with Gasteiger partial charge < -0.3 is 19.7 Å². The Morgan fingerprint density at radius 3 is 2.57 bits per heavy atom. The second-order valence-corrected chi connectivity index (χ2v) is 6.82. The largest absolute Gasteiger partial charge is 0.444 e. The number of amides is 1. The van der Waals surface area contributed by atoms with Crippen LogP contribution in [0, 0.1) is 0 Å². The summed E-state index contributed by atoms with van der Waals surface area (Å²) in [5.74, 6) is 0.